The van der Waals surface area contributed by atoms with Crippen LogP contribution in [0.5, 0.6) is 5.75 Å². The van der Waals surface area contributed by atoms with Crippen LogP contribution in [-0.4, -0.2) is 24.7 Å². The highest BCUT2D eigenvalue weighted by atomic mass is 16.5. The van der Waals surface area contributed by atoms with Crippen molar-refractivity contribution in [2.75, 3.05) is 30.3 Å². The molecule has 0 atom stereocenters. The number of pyridine rings is 1. The fourth-order valence-electron chi connectivity index (χ4n) is 3.61. The molecule has 4 rings (SSSR count). The number of anilines is 2. The van der Waals surface area contributed by atoms with Crippen LogP contribution in [0.15, 0.2) is 70.9 Å². The SMILES string of the molecule is CCNc1ccccc1N=Nc1ccc2c(NCC)c3cc(OCC)ccc3nc2c1. The third kappa shape index (κ3) is 4.43. The first-order chi connectivity index (χ1) is 15.2. The van der Waals surface area contributed by atoms with Gasteiger partial charge in [-0.1, -0.05) is 12.1 Å². The van der Waals surface area contributed by atoms with Gasteiger partial charge in [0.05, 0.1) is 34.7 Å². The van der Waals surface area contributed by atoms with Crippen molar-refractivity contribution in [1.82, 2.24) is 4.98 Å². The van der Waals surface area contributed by atoms with Gasteiger partial charge < -0.3 is 15.4 Å². The van der Waals surface area contributed by atoms with Crippen LogP contribution in [0, 0.1) is 0 Å². The van der Waals surface area contributed by atoms with Crippen molar-refractivity contribution in [2.24, 2.45) is 10.2 Å². The Morgan fingerprint density at radius 2 is 1.65 bits per heavy atom. The number of benzene rings is 3. The Morgan fingerprint density at radius 3 is 2.45 bits per heavy atom. The third-order valence-corrected chi connectivity index (χ3v) is 4.94. The highest BCUT2D eigenvalue weighted by Gasteiger charge is 2.11. The van der Waals surface area contributed by atoms with Gasteiger partial charge in [0.15, 0.2) is 0 Å². The van der Waals surface area contributed by atoms with Crippen LogP contribution in [0.4, 0.5) is 22.7 Å². The number of hydrogen-bond acceptors (Lipinski definition) is 6. The zero-order valence-corrected chi connectivity index (χ0v) is 18.1. The molecule has 0 amide bonds. The molecule has 4 aromatic rings. The van der Waals surface area contributed by atoms with E-state index in [1.165, 1.54) is 0 Å². The summed E-state index contributed by atoms with van der Waals surface area (Å²) in [5, 5.41) is 17.8. The van der Waals surface area contributed by atoms with Gasteiger partial charge in [-0.2, -0.15) is 5.11 Å². The molecular formula is C25H27N5O. The number of rotatable bonds is 8. The Bertz CT molecular complexity index is 1240. The normalized spacial score (nSPS) is 11.3. The first-order valence-corrected chi connectivity index (χ1v) is 10.7. The molecule has 6 nitrogen and oxygen atoms in total. The molecule has 3 aromatic carbocycles. The Labute approximate surface area is 182 Å². The molecule has 0 unspecified atom stereocenters. The molecule has 0 saturated carbocycles. The molecule has 0 spiro atoms. The Kier molecular flexibility index (Phi) is 6.26. The lowest BCUT2D eigenvalue weighted by atomic mass is 10.1. The van der Waals surface area contributed by atoms with Crippen molar-refractivity contribution < 1.29 is 4.74 Å². The smallest absolute Gasteiger partial charge is 0.120 e. The van der Waals surface area contributed by atoms with Crippen molar-refractivity contribution in [3.8, 4) is 5.75 Å². The molecule has 0 aliphatic carbocycles. The van der Waals surface area contributed by atoms with Crippen molar-refractivity contribution in [3.63, 3.8) is 0 Å². The van der Waals surface area contributed by atoms with Crippen molar-refractivity contribution in [3.05, 3.63) is 60.7 Å². The molecule has 31 heavy (non-hydrogen) atoms. The quantitative estimate of drug-likeness (QED) is 0.239. The van der Waals surface area contributed by atoms with E-state index in [-0.39, 0.29) is 0 Å². The number of fused-ring (bicyclic) bond motifs is 2. The van der Waals surface area contributed by atoms with E-state index < -0.39 is 0 Å². The summed E-state index contributed by atoms with van der Waals surface area (Å²) in [6.45, 7) is 8.42. The zero-order chi connectivity index (χ0) is 21.6. The molecule has 0 aliphatic rings. The van der Waals surface area contributed by atoms with Crippen molar-refractivity contribution in [2.45, 2.75) is 20.8 Å². The van der Waals surface area contributed by atoms with Crippen LogP contribution in [0.2, 0.25) is 0 Å². The summed E-state index contributed by atoms with van der Waals surface area (Å²) in [5.41, 5.74) is 5.40. The van der Waals surface area contributed by atoms with Crippen LogP contribution in [0.25, 0.3) is 21.8 Å². The Morgan fingerprint density at radius 1 is 0.806 bits per heavy atom. The predicted molar refractivity (Wildman–Crippen MR) is 129 cm³/mol. The minimum atomic E-state index is 0.633. The van der Waals surface area contributed by atoms with Gasteiger partial charge in [0.25, 0.3) is 0 Å². The first kappa shape index (κ1) is 20.6. The summed E-state index contributed by atoms with van der Waals surface area (Å²) in [4.78, 5) is 4.87. The van der Waals surface area contributed by atoms with E-state index in [1.807, 2.05) is 55.5 Å². The average Bonchev–Trinajstić information content (AvgIpc) is 2.79. The molecule has 0 fully saturated rings. The topological polar surface area (TPSA) is 70.9 Å². The zero-order valence-electron chi connectivity index (χ0n) is 18.1. The van der Waals surface area contributed by atoms with Crippen molar-refractivity contribution >= 4 is 44.6 Å². The van der Waals surface area contributed by atoms with Gasteiger partial charge >= 0.3 is 0 Å². The van der Waals surface area contributed by atoms with Gasteiger partial charge in [-0.3, -0.25) is 0 Å². The molecule has 0 bridgehead atoms. The van der Waals surface area contributed by atoms with E-state index in [0.717, 1.165) is 63.4 Å². The standard InChI is InChI=1S/C25H27N5O/c1-4-26-22-9-7-8-10-23(22)30-29-17-11-13-19-24(15-17)28-21-14-12-18(31-6-3)16-20(21)25(19)27-5-2/h7-16,26H,4-6H2,1-3H3,(H,27,28). The Hall–Kier alpha value is -3.67. The largest absolute Gasteiger partial charge is 0.494 e. The number of hydrogen-bond donors (Lipinski definition) is 2. The molecular weight excluding hydrogens is 386 g/mol. The minimum absolute atomic E-state index is 0.633. The molecule has 0 saturated heterocycles. The number of azo groups is 1. The maximum absolute atomic E-state index is 5.69. The van der Waals surface area contributed by atoms with Crippen LogP contribution >= 0.6 is 0 Å². The van der Waals surface area contributed by atoms with Crippen LogP contribution in [0.3, 0.4) is 0 Å². The summed E-state index contributed by atoms with van der Waals surface area (Å²) < 4.78 is 5.69. The summed E-state index contributed by atoms with van der Waals surface area (Å²) in [7, 11) is 0. The van der Waals surface area contributed by atoms with Gasteiger partial charge in [-0.15, -0.1) is 5.11 Å². The molecule has 2 N–H and O–H groups in total. The maximum atomic E-state index is 5.69. The van der Waals surface area contributed by atoms with E-state index in [1.54, 1.807) is 0 Å². The fourth-order valence-corrected chi connectivity index (χ4v) is 3.61. The lowest BCUT2D eigenvalue weighted by Crippen LogP contribution is -2.00. The van der Waals surface area contributed by atoms with E-state index >= 15 is 0 Å². The van der Waals surface area contributed by atoms with Gasteiger partial charge in [0, 0.05) is 23.9 Å². The summed E-state index contributed by atoms with van der Waals surface area (Å²) in [6.07, 6.45) is 0. The van der Waals surface area contributed by atoms with E-state index in [4.69, 9.17) is 9.72 Å². The van der Waals surface area contributed by atoms with Gasteiger partial charge in [-0.25, -0.2) is 4.98 Å². The predicted octanol–water partition coefficient (Wildman–Crippen LogP) is 7.07. The minimum Gasteiger partial charge on any atom is -0.494 e. The second-order valence-electron chi connectivity index (χ2n) is 7.08. The van der Waals surface area contributed by atoms with Gasteiger partial charge in [0.2, 0.25) is 0 Å². The molecule has 6 heteroatoms. The second-order valence-corrected chi connectivity index (χ2v) is 7.08. The van der Waals surface area contributed by atoms with Gasteiger partial charge in [-0.05, 0) is 69.3 Å². The summed E-state index contributed by atoms with van der Waals surface area (Å²) >= 11 is 0. The van der Waals surface area contributed by atoms with Gasteiger partial charge in [0.1, 0.15) is 11.4 Å². The van der Waals surface area contributed by atoms with Crippen LogP contribution in [-0.2, 0) is 0 Å². The number of nitrogens with one attached hydrogen (secondary N) is 2. The first-order valence-electron chi connectivity index (χ1n) is 10.7. The Balaban J connectivity index is 1.77. The number of ether oxygens (including phenoxy) is 1. The second kappa shape index (κ2) is 9.43. The molecule has 1 aromatic heterocycles. The molecule has 158 valence electrons. The lowest BCUT2D eigenvalue weighted by Gasteiger charge is -2.13. The number of aromatic nitrogens is 1. The number of para-hydroxylation sites is 1. The molecule has 1 heterocycles. The third-order valence-electron chi connectivity index (χ3n) is 4.94. The summed E-state index contributed by atoms with van der Waals surface area (Å²) in [6, 6.07) is 19.9. The number of nitrogens with zero attached hydrogens (tertiary/aromatic N) is 3. The van der Waals surface area contributed by atoms with Crippen LogP contribution in [0.1, 0.15) is 20.8 Å². The fraction of sp³-hybridized carbons (Fsp3) is 0.240. The summed E-state index contributed by atoms with van der Waals surface area (Å²) in [5.74, 6) is 0.847. The average molecular weight is 414 g/mol. The molecule has 0 aliphatic heterocycles. The highest BCUT2D eigenvalue weighted by molar-refractivity contribution is 6.08. The monoisotopic (exact) mass is 413 g/mol. The lowest BCUT2D eigenvalue weighted by molar-refractivity contribution is 0.341. The molecule has 0 radical (unpaired) electrons. The van der Waals surface area contributed by atoms with E-state index in [2.05, 4.69) is 46.8 Å². The van der Waals surface area contributed by atoms with Crippen LogP contribution < -0.4 is 15.4 Å². The van der Waals surface area contributed by atoms with E-state index in [9.17, 15) is 0 Å². The van der Waals surface area contributed by atoms with Crippen molar-refractivity contribution in [1.29, 1.82) is 0 Å². The highest BCUT2D eigenvalue weighted by Crippen LogP contribution is 2.35. The maximum Gasteiger partial charge on any atom is 0.120 e. The van der Waals surface area contributed by atoms with E-state index in [0.29, 0.717) is 6.61 Å².